The molecule has 0 saturated carbocycles. The fourth-order valence-corrected chi connectivity index (χ4v) is 3.59. The number of nitrogens with zero attached hydrogens (tertiary/aromatic N) is 1. The summed E-state index contributed by atoms with van der Waals surface area (Å²) in [6, 6.07) is 3.48. The van der Waals surface area contributed by atoms with Crippen molar-refractivity contribution >= 4 is 46.3 Å². The van der Waals surface area contributed by atoms with E-state index in [4.69, 9.17) is 31.2 Å². The van der Waals surface area contributed by atoms with Gasteiger partial charge in [-0.1, -0.05) is 24.0 Å². The second-order valence-corrected chi connectivity index (χ2v) is 6.82. The summed E-state index contributed by atoms with van der Waals surface area (Å²) in [7, 11) is 0. The van der Waals surface area contributed by atoms with Crippen LogP contribution < -0.4 is 0 Å². The molecule has 0 aliphatic carbocycles. The summed E-state index contributed by atoms with van der Waals surface area (Å²) in [4.78, 5) is 24.8. The second-order valence-electron chi connectivity index (χ2n) is 5.14. The molecular weight excluding hydrogens is 354 g/mol. The van der Waals surface area contributed by atoms with Gasteiger partial charge in [-0.25, -0.2) is 0 Å². The zero-order valence-corrected chi connectivity index (χ0v) is 14.2. The number of thioether (sulfide) groups is 1. The Kier molecular flexibility index (Phi) is 5.34. The molecule has 9 heteroatoms. The van der Waals surface area contributed by atoms with Crippen molar-refractivity contribution in [1.29, 1.82) is 0 Å². The molecule has 0 atom stereocenters. The number of ether oxygens (including phenoxy) is 2. The molecular formula is C15H15NO6S2. The highest BCUT2D eigenvalue weighted by Gasteiger charge is 2.32. The largest absolute Gasteiger partial charge is 0.481 e. The van der Waals surface area contributed by atoms with Crippen molar-refractivity contribution in [3.05, 3.63) is 28.6 Å². The molecule has 2 aliphatic heterocycles. The van der Waals surface area contributed by atoms with Crippen molar-refractivity contribution in [2.45, 2.75) is 19.1 Å². The molecule has 128 valence electrons. The van der Waals surface area contributed by atoms with E-state index in [-0.39, 0.29) is 12.3 Å². The fraction of sp³-hybridized carbons (Fsp3) is 0.400. The smallest absolute Gasteiger partial charge is 0.303 e. The number of carboxylic acids is 1. The van der Waals surface area contributed by atoms with Gasteiger partial charge in [0.25, 0.3) is 5.91 Å². The van der Waals surface area contributed by atoms with Gasteiger partial charge in [0.15, 0.2) is 5.76 Å². The Hall–Kier alpha value is -1.68. The van der Waals surface area contributed by atoms with Crippen LogP contribution in [-0.4, -0.2) is 46.0 Å². The van der Waals surface area contributed by atoms with Gasteiger partial charge < -0.3 is 19.0 Å². The molecule has 7 nitrogen and oxygen atoms in total. The van der Waals surface area contributed by atoms with Crippen molar-refractivity contribution in [3.63, 3.8) is 0 Å². The van der Waals surface area contributed by atoms with Crippen LogP contribution in [-0.2, 0) is 19.1 Å². The second kappa shape index (κ2) is 7.47. The summed E-state index contributed by atoms with van der Waals surface area (Å²) in [5, 5.41) is 8.67. The molecule has 1 amide bonds. The maximum atomic E-state index is 12.4. The number of rotatable bonds is 6. The topological polar surface area (TPSA) is 89.2 Å². The third-order valence-electron chi connectivity index (χ3n) is 3.42. The quantitative estimate of drug-likeness (QED) is 0.604. The highest BCUT2D eigenvalue weighted by molar-refractivity contribution is 8.26. The Morgan fingerprint density at radius 1 is 1.42 bits per heavy atom. The zero-order chi connectivity index (χ0) is 17.1. The highest BCUT2D eigenvalue weighted by Crippen LogP contribution is 2.34. The van der Waals surface area contributed by atoms with Crippen LogP contribution in [0.4, 0.5) is 0 Å². The van der Waals surface area contributed by atoms with E-state index >= 15 is 0 Å². The van der Waals surface area contributed by atoms with E-state index in [1.54, 1.807) is 18.2 Å². The Bertz CT molecular complexity index is 692. The van der Waals surface area contributed by atoms with E-state index < -0.39 is 12.3 Å². The monoisotopic (exact) mass is 369 g/mol. The molecule has 1 N–H and O–H groups in total. The molecule has 0 bridgehead atoms. The van der Waals surface area contributed by atoms with Gasteiger partial charge in [-0.15, -0.1) is 0 Å². The first-order valence-electron chi connectivity index (χ1n) is 7.34. The SMILES string of the molecule is O=C(O)CCCN1C(=O)C(=Cc2ccc(C3OCCO3)o2)SC1=S. The van der Waals surface area contributed by atoms with Crippen LogP contribution in [0.3, 0.4) is 0 Å². The molecule has 0 radical (unpaired) electrons. The highest BCUT2D eigenvalue weighted by atomic mass is 32.2. The first kappa shape index (κ1) is 17.2. The van der Waals surface area contributed by atoms with Gasteiger partial charge in [0, 0.05) is 19.0 Å². The molecule has 3 rings (SSSR count). The van der Waals surface area contributed by atoms with Crippen molar-refractivity contribution < 1.29 is 28.6 Å². The predicted molar refractivity (Wildman–Crippen MR) is 90.1 cm³/mol. The number of amides is 1. The van der Waals surface area contributed by atoms with Crippen LogP contribution in [0.25, 0.3) is 6.08 Å². The molecule has 2 fully saturated rings. The zero-order valence-electron chi connectivity index (χ0n) is 12.6. The molecule has 0 aromatic carbocycles. The fourth-order valence-electron chi connectivity index (χ4n) is 2.31. The maximum absolute atomic E-state index is 12.4. The van der Waals surface area contributed by atoms with Crippen molar-refractivity contribution in [2.24, 2.45) is 0 Å². The lowest BCUT2D eigenvalue weighted by Gasteiger charge is -2.13. The molecule has 3 heterocycles. The minimum atomic E-state index is -0.893. The third kappa shape index (κ3) is 3.86. The van der Waals surface area contributed by atoms with Gasteiger partial charge in [0.05, 0.1) is 18.1 Å². The molecule has 0 unspecified atom stereocenters. The Morgan fingerprint density at radius 3 is 2.88 bits per heavy atom. The van der Waals surface area contributed by atoms with Crippen LogP contribution in [0.15, 0.2) is 21.5 Å². The van der Waals surface area contributed by atoms with Crippen LogP contribution >= 0.6 is 24.0 Å². The maximum Gasteiger partial charge on any atom is 0.303 e. The number of thiocarbonyl (C=S) groups is 1. The van der Waals surface area contributed by atoms with E-state index in [2.05, 4.69) is 0 Å². The summed E-state index contributed by atoms with van der Waals surface area (Å²) in [5.74, 6) is -0.0667. The van der Waals surface area contributed by atoms with Crippen LogP contribution in [0.5, 0.6) is 0 Å². The van der Waals surface area contributed by atoms with Crippen molar-refractivity contribution in [1.82, 2.24) is 4.90 Å². The first-order valence-corrected chi connectivity index (χ1v) is 8.57. The lowest BCUT2D eigenvalue weighted by molar-refractivity contribution is -0.137. The number of furan rings is 1. The van der Waals surface area contributed by atoms with Gasteiger partial charge in [0.1, 0.15) is 10.1 Å². The third-order valence-corrected chi connectivity index (χ3v) is 4.80. The molecule has 1 aromatic rings. The van der Waals surface area contributed by atoms with Gasteiger partial charge in [0.2, 0.25) is 6.29 Å². The summed E-state index contributed by atoms with van der Waals surface area (Å²) >= 11 is 6.37. The molecule has 2 aliphatic rings. The van der Waals surface area contributed by atoms with Gasteiger partial charge in [-0.2, -0.15) is 0 Å². The lowest BCUT2D eigenvalue weighted by Crippen LogP contribution is -2.29. The van der Waals surface area contributed by atoms with Crippen LogP contribution in [0.1, 0.15) is 30.7 Å². The van der Waals surface area contributed by atoms with Crippen molar-refractivity contribution in [3.8, 4) is 0 Å². The van der Waals surface area contributed by atoms with E-state index in [1.165, 1.54) is 16.7 Å². The molecule has 2 saturated heterocycles. The van der Waals surface area contributed by atoms with Crippen LogP contribution in [0.2, 0.25) is 0 Å². The summed E-state index contributed by atoms with van der Waals surface area (Å²) in [6.45, 7) is 1.34. The number of carbonyl (C=O) groups is 2. The average molecular weight is 369 g/mol. The standard InChI is InChI=1S/C15H15NO6S2/c17-12(18)2-1-5-16-13(19)11(24-15(16)23)8-9-3-4-10(22-9)14-20-6-7-21-14/h3-4,8,14H,1-2,5-7H2,(H,17,18). The molecule has 0 spiro atoms. The van der Waals surface area contributed by atoms with E-state index in [0.717, 1.165) is 0 Å². The number of carbonyl (C=O) groups excluding carboxylic acids is 1. The summed E-state index contributed by atoms with van der Waals surface area (Å²) in [5.41, 5.74) is 0. The van der Waals surface area contributed by atoms with Gasteiger partial charge >= 0.3 is 5.97 Å². The number of hydrogen-bond acceptors (Lipinski definition) is 7. The van der Waals surface area contributed by atoms with E-state index in [9.17, 15) is 9.59 Å². The van der Waals surface area contributed by atoms with E-state index in [0.29, 0.717) is 46.9 Å². The lowest BCUT2D eigenvalue weighted by atomic mass is 10.3. The Balaban J connectivity index is 1.66. The van der Waals surface area contributed by atoms with E-state index in [1.807, 2.05) is 0 Å². The molecule has 24 heavy (non-hydrogen) atoms. The average Bonchev–Trinajstić information content (AvgIpc) is 3.24. The minimum absolute atomic E-state index is 0.000952. The predicted octanol–water partition coefficient (Wildman–Crippen LogP) is 2.39. The number of aliphatic carboxylic acids is 1. The Labute approximate surface area is 147 Å². The van der Waals surface area contributed by atoms with Gasteiger partial charge in [-0.05, 0) is 18.6 Å². The number of carboxylic acid groups (broad SMARTS) is 1. The summed E-state index contributed by atoms with van der Waals surface area (Å²) in [6.07, 6.45) is 1.47. The van der Waals surface area contributed by atoms with Gasteiger partial charge in [-0.3, -0.25) is 14.5 Å². The first-order chi connectivity index (χ1) is 11.5. The summed E-state index contributed by atoms with van der Waals surface area (Å²) < 4.78 is 16.8. The van der Waals surface area contributed by atoms with Crippen molar-refractivity contribution in [2.75, 3.05) is 19.8 Å². The normalized spacial score (nSPS) is 20.5. The minimum Gasteiger partial charge on any atom is -0.481 e. The number of hydrogen-bond donors (Lipinski definition) is 1. The molecule has 1 aromatic heterocycles. The van der Waals surface area contributed by atoms with Crippen LogP contribution in [0, 0.1) is 0 Å². The Morgan fingerprint density at radius 2 is 2.17 bits per heavy atom.